The smallest absolute Gasteiger partial charge is 0.429 e. The van der Waals surface area contributed by atoms with Crippen LogP contribution in [0.25, 0.3) is 0 Å². The first-order valence-corrected chi connectivity index (χ1v) is 7.62. The second kappa shape index (κ2) is 5.77. The average Bonchev–Trinajstić information content (AvgIpc) is 2.93. The van der Waals surface area contributed by atoms with Gasteiger partial charge in [0, 0.05) is 20.5 Å². The number of anilines is 1. The van der Waals surface area contributed by atoms with Gasteiger partial charge in [-0.15, -0.1) is 0 Å². The fourth-order valence-electron chi connectivity index (χ4n) is 2.90. The normalized spacial score (nSPS) is 23.2. The molecule has 3 rings (SSSR count). The number of halogens is 1. The van der Waals surface area contributed by atoms with Gasteiger partial charge in [-0.05, 0) is 17.7 Å². The largest absolute Gasteiger partial charge is 0.446 e. The molecule has 0 aliphatic carbocycles. The quantitative estimate of drug-likeness (QED) is 0.788. The van der Waals surface area contributed by atoms with Gasteiger partial charge in [0.05, 0.1) is 11.6 Å². The molecule has 2 heterocycles. The monoisotopic (exact) mass is 335 g/mol. The Kier molecular flexibility index (Phi) is 3.90. The van der Waals surface area contributed by atoms with Gasteiger partial charge in [-0.25, -0.2) is 14.2 Å². The molecule has 7 nitrogen and oxygen atoms in total. The lowest BCUT2D eigenvalue weighted by Gasteiger charge is -2.37. The van der Waals surface area contributed by atoms with Crippen LogP contribution in [0, 0.1) is 11.7 Å². The zero-order valence-corrected chi connectivity index (χ0v) is 13.7. The summed E-state index contributed by atoms with van der Waals surface area (Å²) in [5.74, 6) is -1.09. The molecule has 2 saturated heterocycles. The van der Waals surface area contributed by atoms with Crippen molar-refractivity contribution in [3.63, 3.8) is 0 Å². The number of hydrogen-bond donors (Lipinski definition) is 0. The van der Waals surface area contributed by atoms with Crippen LogP contribution >= 0.6 is 0 Å². The fourth-order valence-corrected chi connectivity index (χ4v) is 2.90. The van der Waals surface area contributed by atoms with E-state index in [9.17, 15) is 18.8 Å². The number of cyclic esters (lactones) is 1. The van der Waals surface area contributed by atoms with Gasteiger partial charge in [-0.1, -0.05) is 13.0 Å². The van der Waals surface area contributed by atoms with Gasteiger partial charge in [0.2, 0.25) is 11.8 Å². The molecule has 128 valence electrons. The summed E-state index contributed by atoms with van der Waals surface area (Å²) in [5, 5.41) is 2.31. The second-order valence-corrected chi connectivity index (χ2v) is 6.04. The molecule has 0 aromatic heterocycles. The van der Waals surface area contributed by atoms with E-state index in [4.69, 9.17) is 4.74 Å². The number of hydrogen-bond acceptors (Lipinski definition) is 4. The molecule has 2 unspecified atom stereocenters. The first kappa shape index (κ1) is 16.2. The number of benzene rings is 1. The number of carbonyl (C=O) groups excluding carboxylic acids is 3. The van der Waals surface area contributed by atoms with E-state index in [1.807, 2.05) is 0 Å². The van der Waals surface area contributed by atoms with E-state index in [-0.39, 0.29) is 30.0 Å². The van der Waals surface area contributed by atoms with Crippen LogP contribution in [0.2, 0.25) is 0 Å². The van der Waals surface area contributed by atoms with Crippen LogP contribution in [-0.4, -0.2) is 48.1 Å². The molecule has 24 heavy (non-hydrogen) atoms. The van der Waals surface area contributed by atoms with E-state index < -0.39 is 18.0 Å². The SMILES string of the molecule is CC(=O)N(C)N1C(=O)OCC1c1ccc(N2CC(C)C2=O)c(F)c1. The summed E-state index contributed by atoms with van der Waals surface area (Å²) in [6.07, 6.45) is -0.658. The molecule has 1 aromatic carbocycles. The zero-order chi connectivity index (χ0) is 17.6. The van der Waals surface area contributed by atoms with Crippen LogP contribution in [-0.2, 0) is 14.3 Å². The van der Waals surface area contributed by atoms with E-state index in [1.165, 1.54) is 31.0 Å². The van der Waals surface area contributed by atoms with Crippen molar-refractivity contribution in [3.8, 4) is 0 Å². The van der Waals surface area contributed by atoms with Gasteiger partial charge in [-0.3, -0.25) is 14.6 Å². The third-order valence-electron chi connectivity index (χ3n) is 4.42. The number of nitrogens with zero attached hydrogens (tertiary/aromatic N) is 3. The number of ether oxygens (including phenoxy) is 1. The molecular formula is C16H18FN3O4. The summed E-state index contributed by atoms with van der Waals surface area (Å²) >= 11 is 0. The maximum absolute atomic E-state index is 14.4. The Morgan fingerprint density at radius 1 is 1.38 bits per heavy atom. The minimum atomic E-state index is -0.658. The Bertz CT molecular complexity index is 723. The number of hydrazine groups is 1. The van der Waals surface area contributed by atoms with Crippen LogP contribution in [0.1, 0.15) is 25.5 Å². The van der Waals surface area contributed by atoms with E-state index in [2.05, 4.69) is 0 Å². The fraction of sp³-hybridized carbons (Fsp3) is 0.438. The molecule has 8 heteroatoms. The van der Waals surface area contributed by atoms with E-state index in [0.29, 0.717) is 12.1 Å². The lowest BCUT2D eigenvalue weighted by Crippen LogP contribution is -2.51. The predicted octanol–water partition coefficient (Wildman–Crippen LogP) is 1.70. The number of amides is 3. The maximum Gasteiger partial charge on any atom is 0.429 e. The minimum absolute atomic E-state index is 0.0227. The molecule has 2 fully saturated rings. The van der Waals surface area contributed by atoms with Gasteiger partial charge < -0.3 is 9.64 Å². The van der Waals surface area contributed by atoms with Gasteiger partial charge in [0.25, 0.3) is 0 Å². The molecule has 2 aliphatic rings. The summed E-state index contributed by atoms with van der Waals surface area (Å²) in [6, 6.07) is 3.84. The predicted molar refractivity (Wildman–Crippen MR) is 82.3 cm³/mol. The Morgan fingerprint density at radius 3 is 2.62 bits per heavy atom. The van der Waals surface area contributed by atoms with Crippen molar-refractivity contribution in [1.29, 1.82) is 0 Å². The minimum Gasteiger partial charge on any atom is -0.446 e. The highest BCUT2D eigenvalue weighted by Crippen LogP contribution is 2.33. The number of β-lactam (4-membered cyclic amide) rings is 1. The van der Waals surface area contributed by atoms with Crippen LogP contribution in [0.3, 0.4) is 0 Å². The van der Waals surface area contributed by atoms with E-state index in [1.54, 1.807) is 13.0 Å². The summed E-state index contributed by atoms with van der Waals surface area (Å²) < 4.78 is 19.4. The highest BCUT2D eigenvalue weighted by molar-refractivity contribution is 6.01. The molecule has 0 radical (unpaired) electrons. The summed E-state index contributed by atoms with van der Waals surface area (Å²) in [6.45, 7) is 3.62. The lowest BCUT2D eigenvalue weighted by molar-refractivity contribution is -0.140. The summed E-state index contributed by atoms with van der Waals surface area (Å²) in [4.78, 5) is 36.5. The van der Waals surface area contributed by atoms with Crippen LogP contribution in [0.15, 0.2) is 18.2 Å². The third kappa shape index (κ3) is 2.47. The number of rotatable bonds is 3. The molecule has 2 aliphatic heterocycles. The first-order chi connectivity index (χ1) is 11.3. The Hall–Kier alpha value is -2.64. The molecule has 0 bridgehead atoms. The third-order valence-corrected chi connectivity index (χ3v) is 4.42. The van der Waals surface area contributed by atoms with Gasteiger partial charge in [-0.2, -0.15) is 0 Å². The van der Waals surface area contributed by atoms with E-state index in [0.717, 1.165) is 10.0 Å². The van der Waals surface area contributed by atoms with Crippen LogP contribution in [0.5, 0.6) is 0 Å². The molecule has 1 aromatic rings. The van der Waals surface area contributed by atoms with Crippen molar-refractivity contribution < 1.29 is 23.5 Å². The van der Waals surface area contributed by atoms with Crippen molar-refractivity contribution >= 4 is 23.6 Å². The molecule has 0 spiro atoms. The van der Waals surface area contributed by atoms with Crippen LogP contribution < -0.4 is 4.90 Å². The molecule has 3 amide bonds. The standard InChI is InChI=1S/C16H18FN3O4/c1-9-7-19(15(9)22)13-5-4-11(6-12(13)17)14-8-24-16(23)20(14)18(3)10(2)21/h4-6,9,14H,7-8H2,1-3H3. The highest BCUT2D eigenvalue weighted by Gasteiger charge is 2.39. The van der Waals surface area contributed by atoms with Gasteiger partial charge in [0.15, 0.2) is 0 Å². The Labute approximate surface area is 138 Å². The first-order valence-electron chi connectivity index (χ1n) is 7.62. The molecule has 2 atom stereocenters. The van der Waals surface area contributed by atoms with Crippen molar-refractivity contribution in [2.75, 3.05) is 25.1 Å². The maximum atomic E-state index is 14.4. The van der Waals surface area contributed by atoms with Gasteiger partial charge in [0.1, 0.15) is 18.5 Å². The molecule has 0 saturated carbocycles. The summed E-state index contributed by atoms with van der Waals surface area (Å²) in [7, 11) is 1.45. The second-order valence-electron chi connectivity index (χ2n) is 6.04. The Morgan fingerprint density at radius 2 is 2.08 bits per heavy atom. The zero-order valence-electron chi connectivity index (χ0n) is 13.7. The van der Waals surface area contributed by atoms with Crippen molar-refractivity contribution in [2.24, 2.45) is 5.92 Å². The van der Waals surface area contributed by atoms with Crippen molar-refractivity contribution in [3.05, 3.63) is 29.6 Å². The van der Waals surface area contributed by atoms with E-state index >= 15 is 0 Å². The van der Waals surface area contributed by atoms with Crippen molar-refractivity contribution in [2.45, 2.75) is 19.9 Å². The van der Waals surface area contributed by atoms with Gasteiger partial charge >= 0.3 is 6.09 Å². The lowest BCUT2D eigenvalue weighted by atomic mass is 9.99. The number of carbonyl (C=O) groups is 3. The summed E-state index contributed by atoms with van der Waals surface area (Å²) in [5.41, 5.74) is 0.717. The Balaban J connectivity index is 1.87. The van der Waals surface area contributed by atoms with Crippen molar-refractivity contribution in [1.82, 2.24) is 10.0 Å². The highest BCUT2D eigenvalue weighted by atomic mass is 19.1. The topological polar surface area (TPSA) is 70.2 Å². The van der Waals surface area contributed by atoms with Crippen LogP contribution in [0.4, 0.5) is 14.9 Å². The average molecular weight is 335 g/mol. The molecule has 0 N–H and O–H groups in total. The molecular weight excluding hydrogens is 317 g/mol.